The molecule has 1 aromatic rings. The molecule has 0 radical (unpaired) electrons. The van der Waals surface area contributed by atoms with E-state index in [1.165, 1.54) is 0 Å². The van der Waals surface area contributed by atoms with Crippen molar-refractivity contribution in [3.8, 4) is 12.3 Å². The molecular formula is C11H10O2. The van der Waals surface area contributed by atoms with Crippen molar-refractivity contribution in [3.63, 3.8) is 0 Å². The largest absolute Gasteiger partial charge is 0.345 e. The molecule has 1 saturated heterocycles. The predicted molar refractivity (Wildman–Crippen MR) is 48.8 cm³/mol. The Morgan fingerprint density at radius 2 is 2.08 bits per heavy atom. The third-order valence-corrected chi connectivity index (χ3v) is 1.94. The van der Waals surface area contributed by atoms with Crippen LogP contribution in [0.3, 0.4) is 0 Å². The van der Waals surface area contributed by atoms with E-state index in [2.05, 4.69) is 5.92 Å². The number of hydrogen-bond donors (Lipinski definition) is 0. The van der Waals surface area contributed by atoms with Gasteiger partial charge in [-0.25, -0.2) is 0 Å². The quantitative estimate of drug-likeness (QED) is 0.604. The molecule has 0 bridgehead atoms. The zero-order chi connectivity index (χ0) is 9.10. The van der Waals surface area contributed by atoms with E-state index in [1.54, 1.807) is 0 Å². The van der Waals surface area contributed by atoms with Crippen LogP contribution in [0.5, 0.6) is 0 Å². The molecule has 2 unspecified atom stereocenters. The molecule has 1 fully saturated rings. The molecule has 0 aliphatic carbocycles. The zero-order valence-corrected chi connectivity index (χ0v) is 7.14. The Morgan fingerprint density at radius 1 is 1.31 bits per heavy atom. The summed E-state index contributed by atoms with van der Waals surface area (Å²) in [6, 6.07) is 9.78. The SMILES string of the molecule is C#CC1COC(c2ccccc2)O1. The molecule has 0 saturated carbocycles. The topological polar surface area (TPSA) is 18.5 Å². The fourth-order valence-corrected chi connectivity index (χ4v) is 1.27. The molecule has 66 valence electrons. The predicted octanol–water partition coefficient (Wildman–Crippen LogP) is 1.73. The van der Waals surface area contributed by atoms with Gasteiger partial charge in [-0.15, -0.1) is 6.42 Å². The van der Waals surface area contributed by atoms with Crippen molar-refractivity contribution < 1.29 is 9.47 Å². The molecule has 1 aliphatic rings. The standard InChI is InChI=1S/C11H10O2/c1-2-10-8-12-11(13-10)9-6-4-3-5-7-9/h1,3-7,10-11H,8H2. The van der Waals surface area contributed by atoms with Crippen molar-refractivity contribution in [2.24, 2.45) is 0 Å². The highest BCUT2D eigenvalue weighted by Gasteiger charge is 2.25. The fourth-order valence-electron chi connectivity index (χ4n) is 1.27. The van der Waals surface area contributed by atoms with Gasteiger partial charge < -0.3 is 9.47 Å². The Labute approximate surface area is 77.5 Å². The molecule has 2 nitrogen and oxygen atoms in total. The fraction of sp³-hybridized carbons (Fsp3) is 0.273. The lowest BCUT2D eigenvalue weighted by Gasteiger charge is -2.08. The van der Waals surface area contributed by atoms with E-state index in [0.717, 1.165) is 5.56 Å². The second-order valence-corrected chi connectivity index (χ2v) is 2.87. The van der Waals surface area contributed by atoms with Crippen molar-refractivity contribution in [3.05, 3.63) is 35.9 Å². The first-order valence-electron chi connectivity index (χ1n) is 4.18. The Balaban J connectivity index is 2.09. The third kappa shape index (κ3) is 1.72. The molecule has 1 aromatic carbocycles. The highest BCUT2D eigenvalue weighted by atomic mass is 16.7. The smallest absolute Gasteiger partial charge is 0.185 e. The first-order valence-corrected chi connectivity index (χ1v) is 4.18. The molecule has 0 N–H and O–H groups in total. The summed E-state index contributed by atoms with van der Waals surface area (Å²) in [5.74, 6) is 2.52. The number of terminal acetylenes is 1. The van der Waals surface area contributed by atoms with Crippen LogP contribution < -0.4 is 0 Å². The van der Waals surface area contributed by atoms with E-state index in [1.807, 2.05) is 30.3 Å². The number of ether oxygens (including phenoxy) is 2. The zero-order valence-electron chi connectivity index (χ0n) is 7.14. The van der Waals surface area contributed by atoms with Crippen LogP contribution in [0.2, 0.25) is 0 Å². The van der Waals surface area contributed by atoms with Gasteiger partial charge in [0.1, 0.15) is 6.10 Å². The summed E-state index contributed by atoms with van der Waals surface area (Å²) >= 11 is 0. The van der Waals surface area contributed by atoms with E-state index < -0.39 is 0 Å². The molecule has 2 atom stereocenters. The van der Waals surface area contributed by atoms with E-state index >= 15 is 0 Å². The van der Waals surface area contributed by atoms with Crippen molar-refractivity contribution in [2.45, 2.75) is 12.4 Å². The summed E-state index contributed by atoms with van der Waals surface area (Å²) < 4.78 is 10.8. The molecule has 0 aromatic heterocycles. The van der Waals surface area contributed by atoms with Gasteiger partial charge in [-0.05, 0) is 0 Å². The molecule has 13 heavy (non-hydrogen) atoms. The maximum absolute atomic E-state index is 5.44. The normalized spacial score (nSPS) is 27.0. The maximum Gasteiger partial charge on any atom is 0.185 e. The van der Waals surface area contributed by atoms with Gasteiger partial charge in [0.2, 0.25) is 0 Å². The Hall–Kier alpha value is -1.30. The van der Waals surface area contributed by atoms with E-state index in [9.17, 15) is 0 Å². The number of rotatable bonds is 1. The van der Waals surface area contributed by atoms with Crippen LogP contribution >= 0.6 is 0 Å². The van der Waals surface area contributed by atoms with Gasteiger partial charge in [-0.2, -0.15) is 0 Å². The minimum Gasteiger partial charge on any atom is -0.345 e. The monoisotopic (exact) mass is 174 g/mol. The molecule has 1 aliphatic heterocycles. The summed E-state index contributed by atoms with van der Waals surface area (Å²) in [4.78, 5) is 0. The van der Waals surface area contributed by atoms with Crippen molar-refractivity contribution >= 4 is 0 Å². The van der Waals surface area contributed by atoms with Gasteiger partial charge in [0, 0.05) is 5.56 Å². The van der Waals surface area contributed by atoms with Gasteiger partial charge in [0.25, 0.3) is 0 Å². The lowest BCUT2D eigenvalue weighted by Crippen LogP contribution is -2.05. The Bertz CT molecular complexity index is 313. The first kappa shape index (κ1) is 8.31. The summed E-state index contributed by atoms with van der Waals surface area (Å²) in [7, 11) is 0. The molecule has 0 spiro atoms. The van der Waals surface area contributed by atoms with Crippen LogP contribution in [0.4, 0.5) is 0 Å². The van der Waals surface area contributed by atoms with Gasteiger partial charge in [-0.1, -0.05) is 36.3 Å². The molecule has 1 heterocycles. The third-order valence-electron chi connectivity index (χ3n) is 1.94. The van der Waals surface area contributed by atoms with E-state index in [4.69, 9.17) is 15.9 Å². The first-order chi connectivity index (χ1) is 6.40. The summed E-state index contributed by atoms with van der Waals surface area (Å²) in [6.07, 6.45) is 4.73. The molecule has 0 amide bonds. The Kier molecular flexibility index (Phi) is 2.31. The molecule has 2 heteroatoms. The van der Waals surface area contributed by atoms with Gasteiger partial charge >= 0.3 is 0 Å². The molecule has 2 rings (SSSR count). The van der Waals surface area contributed by atoms with Gasteiger partial charge in [-0.3, -0.25) is 0 Å². The number of benzene rings is 1. The van der Waals surface area contributed by atoms with Crippen molar-refractivity contribution in [2.75, 3.05) is 6.61 Å². The van der Waals surface area contributed by atoms with Crippen LogP contribution in [0.25, 0.3) is 0 Å². The second-order valence-electron chi connectivity index (χ2n) is 2.87. The van der Waals surface area contributed by atoms with Crippen molar-refractivity contribution in [1.29, 1.82) is 0 Å². The van der Waals surface area contributed by atoms with Gasteiger partial charge in [0.15, 0.2) is 6.29 Å². The van der Waals surface area contributed by atoms with Crippen LogP contribution in [0, 0.1) is 12.3 Å². The lowest BCUT2D eigenvalue weighted by atomic mass is 10.2. The number of hydrogen-bond acceptors (Lipinski definition) is 2. The summed E-state index contributed by atoms with van der Waals surface area (Å²) in [6.45, 7) is 0.482. The van der Waals surface area contributed by atoms with Crippen LogP contribution in [0.15, 0.2) is 30.3 Å². The highest BCUT2D eigenvalue weighted by molar-refractivity contribution is 5.17. The minimum atomic E-state index is -0.290. The molecular weight excluding hydrogens is 164 g/mol. The summed E-state index contributed by atoms with van der Waals surface area (Å²) in [5, 5.41) is 0. The average Bonchev–Trinajstić information content (AvgIpc) is 2.67. The van der Waals surface area contributed by atoms with E-state index in [-0.39, 0.29) is 12.4 Å². The second kappa shape index (κ2) is 3.61. The van der Waals surface area contributed by atoms with Crippen molar-refractivity contribution in [1.82, 2.24) is 0 Å². The minimum absolute atomic E-state index is 0.204. The van der Waals surface area contributed by atoms with E-state index in [0.29, 0.717) is 6.61 Å². The average molecular weight is 174 g/mol. The van der Waals surface area contributed by atoms with Crippen LogP contribution in [0.1, 0.15) is 11.9 Å². The van der Waals surface area contributed by atoms with Gasteiger partial charge in [0.05, 0.1) is 6.61 Å². The highest BCUT2D eigenvalue weighted by Crippen LogP contribution is 2.25. The van der Waals surface area contributed by atoms with Crippen LogP contribution in [-0.2, 0) is 9.47 Å². The maximum atomic E-state index is 5.44. The Morgan fingerprint density at radius 3 is 2.69 bits per heavy atom. The van der Waals surface area contributed by atoms with Crippen LogP contribution in [-0.4, -0.2) is 12.7 Å². The summed E-state index contributed by atoms with van der Waals surface area (Å²) in [5.41, 5.74) is 1.01. The lowest BCUT2D eigenvalue weighted by molar-refractivity contribution is -0.0521.